The van der Waals surface area contributed by atoms with Crippen molar-refractivity contribution in [2.45, 2.75) is 38.5 Å². The molecule has 112 valence electrons. The summed E-state index contributed by atoms with van der Waals surface area (Å²) in [4.78, 5) is 14.8. The first kappa shape index (κ1) is 15.1. The number of unbranched alkanes of at least 4 members (excludes halogenated alkanes) is 4. The average molecular weight is 288 g/mol. The lowest BCUT2D eigenvalue weighted by atomic mass is 10.1. The Morgan fingerprint density at radius 1 is 1.24 bits per heavy atom. The molecule has 0 bridgehead atoms. The van der Waals surface area contributed by atoms with Crippen molar-refractivity contribution in [2.24, 2.45) is 4.99 Å². The summed E-state index contributed by atoms with van der Waals surface area (Å²) < 4.78 is 5.44. The topological polar surface area (TPSA) is 88.8 Å². The number of rotatable bonds is 8. The number of anilines is 1. The zero-order valence-electron chi connectivity index (χ0n) is 11.9. The molecule has 0 aliphatic carbocycles. The third kappa shape index (κ3) is 4.34. The van der Waals surface area contributed by atoms with Gasteiger partial charge in [-0.05, 0) is 31.4 Å². The Balaban J connectivity index is 1.78. The van der Waals surface area contributed by atoms with E-state index in [0.717, 1.165) is 43.1 Å². The van der Waals surface area contributed by atoms with Crippen molar-refractivity contribution in [3.05, 3.63) is 24.3 Å². The van der Waals surface area contributed by atoms with Crippen LogP contribution in [0, 0.1) is 0 Å². The number of nitrogens with zero attached hydrogens (tertiary/aromatic N) is 1. The number of aliphatic imine (C=N–C) groups is 1. The third-order valence-corrected chi connectivity index (χ3v) is 3.29. The highest BCUT2D eigenvalue weighted by atomic mass is 16.4. The summed E-state index contributed by atoms with van der Waals surface area (Å²) in [6, 6.07) is 7.63. The lowest BCUT2D eigenvalue weighted by molar-refractivity contribution is -0.137. The maximum absolute atomic E-state index is 10.4. The lowest BCUT2D eigenvalue weighted by Crippen LogP contribution is -1.93. The van der Waals surface area contributed by atoms with Crippen LogP contribution in [0.3, 0.4) is 0 Å². The maximum atomic E-state index is 10.4. The molecule has 0 aliphatic rings. The summed E-state index contributed by atoms with van der Waals surface area (Å²) in [7, 11) is 0. The summed E-state index contributed by atoms with van der Waals surface area (Å²) in [5, 5.41) is 9.45. The smallest absolute Gasteiger partial charge is 0.303 e. The van der Waals surface area contributed by atoms with E-state index in [1.54, 1.807) is 0 Å². The second kappa shape index (κ2) is 7.47. The van der Waals surface area contributed by atoms with Crippen molar-refractivity contribution in [1.82, 2.24) is 0 Å². The Morgan fingerprint density at radius 3 is 2.81 bits per heavy atom. The Bertz CT molecular complexity index is 631. The van der Waals surface area contributed by atoms with E-state index in [1.165, 1.54) is 0 Å². The van der Waals surface area contributed by atoms with Gasteiger partial charge < -0.3 is 15.3 Å². The molecule has 1 aromatic carbocycles. The molecule has 0 amide bonds. The van der Waals surface area contributed by atoms with Gasteiger partial charge >= 0.3 is 5.97 Å². The SMILES string of the molecule is Nc1oc2ccccc2c1N=CCCCCCCC(=O)O. The van der Waals surface area contributed by atoms with Gasteiger partial charge in [0.25, 0.3) is 0 Å². The van der Waals surface area contributed by atoms with Crippen molar-refractivity contribution in [2.75, 3.05) is 5.73 Å². The molecular formula is C16H20N2O3. The van der Waals surface area contributed by atoms with E-state index in [9.17, 15) is 4.79 Å². The van der Waals surface area contributed by atoms with E-state index in [1.807, 2.05) is 30.5 Å². The quantitative estimate of drug-likeness (QED) is 0.564. The van der Waals surface area contributed by atoms with Gasteiger partial charge in [-0.2, -0.15) is 0 Å². The predicted octanol–water partition coefficient (Wildman–Crippen LogP) is 4.14. The molecule has 3 N–H and O–H groups in total. The van der Waals surface area contributed by atoms with Crippen LogP contribution < -0.4 is 5.73 Å². The van der Waals surface area contributed by atoms with Gasteiger partial charge in [0.05, 0.1) is 0 Å². The molecule has 1 heterocycles. The van der Waals surface area contributed by atoms with Crippen molar-refractivity contribution in [3.8, 4) is 0 Å². The zero-order valence-corrected chi connectivity index (χ0v) is 11.9. The molecule has 0 atom stereocenters. The van der Waals surface area contributed by atoms with Crippen molar-refractivity contribution in [3.63, 3.8) is 0 Å². The highest BCUT2D eigenvalue weighted by molar-refractivity contribution is 5.96. The minimum atomic E-state index is -0.723. The third-order valence-electron chi connectivity index (χ3n) is 3.29. The van der Waals surface area contributed by atoms with E-state index < -0.39 is 5.97 Å². The van der Waals surface area contributed by atoms with Gasteiger partial charge in [0.2, 0.25) is 5.88 Å². The van der Waals surface area contributed by atoms with E-state index >= 15 is 0 Å². The van der Waals surface area contributed by atoms with E-state index in [4.69, 9.17) is 15.3 Å². The summed E-state index contributed by atoms with van der Waals surface area (Å²) in [5.74, 6) is -0.382. The highest BCUT2D eigenvalue weighted by Crippen LogP contribution is 2.34. The number of nitrogen functional groups attached to an aromatic ring is 1. The monoisotopic (exact) mass is 288 g/mol. The number of carboxylic acid groups (broad SMARTS) is 1. The fraction of sp³-hybridized carbons (Fsp3) is 0.375. The number of furan rings is 1. The maximum Gasteiger partial charge on any atom is 0.303 e. The molecule has 0 spiro atoms. The summed E-state index contributed by atoms with van der Waals surface area (Å²) in [6.45, 7) is 0. The second-order valence-electron chi connectivity index (χ2n) is 4.97. The molecule has 1 aromatic heterocycles. The van der Waals surface area contributed by atoms with Crippen LogP contribution >= 0.6 is 0 Å². The fourth-order valence-electron chi connectivity index (χ4n) is 2.21. The molecule has 5 nitrogen and oxygen atoms in total. The summed E-state index contributed by atoms with van der Waals surface area (Å²) in [6.07, 6.45) is 6.66. The Labute approximate surface area is 123 Å². The number of hydrogen-bond donors (Lipinski definition) is 2. The molecule has 0 fully saturated rings. The molecule has 2 aromatic rings. The number of hydrogen-bond acceptors (Lipinski definition) is 4. The largest absolute Gasteiger partial charge is 0.481 e. The second-order valence-corrected chi connectivity index (χ2v) is 4.97. The molecular weight excluding hydrogens is 268 g/mol. The van der Waals surface area contributed by atoms with Gasteiger partial charge in [-0.15, -0.1) is 0 Å². The van der Waals surface area contributed by atoms with Gasteiger partial charge in [0, 0.05) is 18.0 Å². The van der Waals surface area contributed by atoms with E-state index in [2.05, 4.69) is 4.99 Å². The number of carbonyl (C=O) groups is 1. The minimum Gasteiger partial charge on any atom is -0.481 e. The van der Waals surface area contributed by atoms with Gasteiger partial charge in [-0.25, -0.2) is 0 Å². The van der Waals surface area contributed by atoms with Gasteiger partial charge in [0.1, 0.15) is 11.3 Å². The normalized spacial score (nSPS) is 11.4. The standard InChI is InChI=1S/C16H20N2O3/c17-16-15(12-8-5-6-9-13(12)21-16)18-11-7-3-1-2-4-10-14(19)20/h5-6,8-9,11H,1-4,7,10,17H2,(H,19,20). The van der Waals surface area contributed by atoms with Crippen LogP contribution in [0.2, 0.25) is 0 Å². The molecule has 2 rings (SSSR count). The number of benzene rings is 1. The zero-order chi connectivity index (χ0) is 15.1. The van der Waals surface area contributed by atoms with Gasteiger partial charge in [-0.1, -0.05) is 25.0 Å². The number of carboxylic acids is 1. The van der Waals surface area contributed by atoms with Crippen LogP contribution in [-0.2, 0) is 4.79 Å². The summed E-state index contributed by atoms with van der Waals surface area (Å²) in [5.41, 5.74) is 7.26. The van der Waals surface area contributed by atoms with Crippen LogP contribution in [0.25, 0.3) is 11.0 Å². The van der Waals surface area contributed by atoms with Crippen LogP contribution in [0.15, 0.2) is 33.7 Å². The van der Waals surface area contributed by atoms with Crippen LogP contribution in [0.1, 0.15) is 38.5 Å². The van der Waals surface area contributed by atoms with Crippen molar-refractivity contribution < 1.29 is 14.3 Å². The Hall–Kier alpha value is -2.30. The number of fused-ring (bicyclic) bond motifs is 1. The molecule has 0 saturated heterocycles. The first-order chi connectivity index (χ1) is 10.2. The number of para-hydroxylation sites is 1. The highest BCUT2D eigenvalue weighted by Gasteiger charge is 2.08. The van der Waals surface area contributed by atoms with E-state index in [-0.39, 0.29) is 6.42 Å². The van der Waals surface area contributed by atoms with Crippen LogP contribution in [0.5, 0.6) is 0 Å². The average Bonchev–Trinajstić information content (AvgIpc) is 2.77. The molecule has 0 saturated carbocycles. The first-order valence-corrected chi connectivity index (χ1v) is 7.20. The first-order valence-electron chi connectivity index (χ1n) is 7.20. The fourth-order valence-corrected chi connectivity index (χ4v) is 2.21. The van der Waals surface area contributed by atoms with Gasteiger partial charge in [-0.3, -0.25) is 9.79 Å². The molecule has 21 heavy (non-hydrogen) atoms. The molecule has 0 unspecified atom stereocenters. The van der Waals surface area contributed by atoms with Crippen LogP contribution in [0.4, 0.5) is 11.6 Å². The number of aliphatic carboxylic acids is 1. The lowest BCUT2D eigenvalue weighted by Gasteiger charge is -1.96. The molecule has 0 radical (unpaired) electrons. The number of nitrogens with two attached hydrogens (primary N) is 1. The molecule has 0 aliphatic heterocycles. The van der Waals surface area contributed by atoms with E-state index in [0.29, 0.717) is 11.6 Å². The van der Waals surface area contributed by atoms with Gasteiger partial charge in [0.15, 0.2) is 0 Å². The van der Waals surface area contributed by atoms with Crippen molar-refractivity contribution in [1.29, 1.82) is 0 Å². The Morgan fingerprint density at radius 2 is 2.00 bits per heavy atom. The minimum absolute atomic E-state index is 0.256. The predicted molar refractivity (Wildman–Crippen MR) is 84.1 cm³/mol. The Kier molecular flexibility index (Phi) is 5.37. The van der Waals surface area contributed by atoms with Crippen LogP contribution in [-0.4, -0.2) is 17.3 Å². The van der Waals surface area contributed by atoms with Crippen molar-refractivity contribution >= 4 is 34.7 Å². The molecule has 5 heteroatoms. The summed E-state index contributed by atoms with van der Waals surface area (Å²) >= 11 is 0.